The number of carbonyl (C=O) groups excluding carboxylic acids is 1. The molecule has 0 unspecified atom stereocenters. The molecule has 0 bridgehead atoms. The lowest BCUT2D eigenvalue weighted by Crippen LogP contribution is -2.07. The molecular weight excluding hydrogens is 226 g/mol. The minimum atomic E-state index is 0.298. The van der Waals surface area contributed by atoms with Crippen molar-refractivity contribution >= 4 is 5.78 Å². The van der Waals surface area contributed by atoms with Crippen molar-refractivity contribution in [1.29, 1.82) is 0 Å². The Morgan fingerprint density at radius 1 is 1.33 bits per heavy atom. The third-order valence-corrected chi connectivity index (χ3v) is 3.63. The summed E-state index contributed by atoms with van der Waals surface area (Å²) in [6, 6.07) is 0. The number of aromatic nitrogens is 3. The Labute approximate surface area is 106 Å². The number of carbonyl (C=O) groups is 1. The SMILES string of the molecule is Cn1ccnc1CCn1cc2c(c1)C(=O)CCC2. The lowest BCUT2D eigenvalue weighted by Gasteiger charge is -2.07. The summed E-state index contributed by atoms with van der Waals surface area (Å²) in [7, 11) is 2.01. The first-order valence-electron chi connectivity index (χ1n) is 6.42. The zero-order valence-electron chi connectivity index (χ0n) is 10.6. The Morgan fingerprint density at radius 3 is 2.94 bits per heavy atom. The van der Waals surface area contributed by atoms with Gasteiger partial charge >= 0.3 is 0 Å². The Hall–Kier alpha value is -1.84. The second-order valence-corrected chi connectivity index (χ2v) is 4.92. The summed E-state index contributed by atoms with van der Waals surface area (Å²) < 4.78 is 4.16. The maximum atomic E-state index is 11.8. The van der Waals surface area contributed by atoms with Gasteiger partial charge in [-0.1, -0.05) is 0 Å². The van der Waals surface area contributed by atoms with Gasteiger partial charge in [0.15, 0.2) is 5.78 Å². The summed E-state index contributed by atoms with van der Waals surface area (Å²) in [6.07, 6.45) is 11.5. The first kappa shape index (κ1) is 11.3. The third kappa shape index (κ3) is 1.98. The second kappa shape index (κ2) is 4.44. The van der Waals surface area contributed by atoms with Gasteiger partial charge in [-0.2, -0.15) is 0 Å². The summed E-state index contributed by atoms with van der Waals surface area (Å²) in [5, 5.41) is 0. The van der Waals surface area contributed by atoms with E-state index in [2.05, 4.69) is 15.7 Å². The summed E-state index contributed by atoms with van der Waals surface area (Å²) in [5.41, 5.74) is 2.15. The molecule has 0 aromatic carbocycles. The van der Waals surface area contributed by atoms with Crippen LogP contribution in [-0.4, -0.2) is 19.9 Å². The van der Waals surface area contributed by atoms with Crippen molar-refractivity contribution in [1.82, 2.24) is 14.1 Å². The smallest absolute Gasteiger partial charge is 0.164 e. The third-order valence-electron chi connectivity index (χ3n) is 3.63. The van der Waals surface area contributed by atoms with E-state index in [-0.39, 0.29) is 0 Å². The lowest BCUT2D eigenvalue weighted by molar-refractivity contribution is 0.0973. The lowest BCUT2D eigenvalue weighted by atomic mass is 9.95. The van der Waals surface area contributed by atoms with Gasteiger partial charge in [0.1, 0.15) is 5.82 Å². The molecule has 0 fully saturated rings. The van der Waals surface area contributed by atoms with E-state index in [1.165, 1.54) is 5.56 Å². The van der Waals surface area contributed by atoms with Crippen LogP contribution < -0.4 is 0 Å². The van der Waals surface area contributed by atoms with Gasteiger partial charge in [0, 0.05) is 56.8 Å². The van der Waals surface area contributed by atoms with Crippen molar-refractivity contribution in [2.45, 2.75) is 32.2 Å². The molecule has 4 heteroatoms. The number of aryl methyl sites for hydroxylation is 4. The number of ketones is 1. The number of imidazole rings is 1. The first-order chi connectivity index (χ1) is 8.74. The number of hydrogen-bond acceptors (Lipinski definition) is 2. The summed E-state index contributed by atoms with van der Waals surface area (Å²) in [6.45, 7) is 0.880. The minimum Gasteiger partial charge on any atom is -0.353 e. The molecule has 2 aromatic heterocycles. The minimum absolute atomic E-state index is 0.298. The fourth-order valence-electron chi connectivity index (χ4n) is 2.58. The highest BCUT2D eigenvalue weighted by Crippen LogP contribution is 2.22. The normalized spacial score (nSPS) is 14.8. The van der Waals surface area contributed by atoms with Gasteiger partial charge in [0.05, 0.1) is 0 Å². The van der Waals surface area contributed by atoms with E-state index in [1.54, 1.807) is 0 Å². The molecule has 1 aliphatic carbocycles. The highest BCUT2D eigenvalue weighted by atomic mass is 16.1. The number of rotatable bonds is 3. The van der Waals surface area contributed by atoms with E-state index >= 15 is 0 Å². The Bertz CT molecular complexity index is 580. The molecule has 18 heavy (non-hydrogen) atoms. The van der Waals surface area contributed by atoms with Crippen LogP contribution in [0.3, 0.4) is 0 Å². The van der Waals surface area contributed by atoms with Crippen LogP contribution in [0.5, 0.6) is 0 Å². The van der Waals surface area contributed by atoms with Gasteiger partial charge in [-0.3, -0.25) is 4.79 Å². The maximum absolute atomic E-state index is 11.8. The van der Waals surface area contributed by atoms with Crippen molar-refractivity contribution in [2.24, 2.45) is 7.05 Å². The van der Waals surface area contributed by atoms with Crippen LogP contribution in [0.2, 0.25) is 0 Å². The zero-order chi connectivity index (χ0) is 12.5. The number of Topliss-reactive ketones (excluding diaryl/α,β-unsaturated/α-hetero) is 1. The molecule has 3 rings (SSSR count). The Balaban J connectivity index is 1.74. The fraction of sp³-hybridized carbons (Fsp3) is 0.429. The number of nitrogens with zero attached hydrogens (tertiary/aromatic N) is 3. The molecule has 0 saturated heterocycles. The van der Waals surface area contributed by atoms with Crippen molar-refractivity contribution in [3.63, 3.8) is 0 Å². The van der Waals surface area contributed by atoms with E-state index in [0.717, 1.165) is 37.2 Å². The highest BCUT2D eigenvalue weighted by molar-refractivity contribution is 5.98. The van der Waals surface area contributed by atoms with Crippen LogP contribution in [0.4, 0.5) is 0 Å². The van der Waals surface area contributed by atoms with Crippen LogP contribution in [-0.2, 0) is 26.4 Å². The average molecular weight is 243 g/mol. The molecule has 4 nitrogen and oxygen atoms in total. The maximum Gasteiger partial charge on any atom is 0.164 e. The zero-order valence-corrected chi connectivity index (χ0v) is 10.6. The largest absolute Gasteiger partial charge is 0.353 e. The quantitative estimate of drug-likeness (QED) is 0.827. The molecule has 2 heterocycles. The van der Waals surface area contributed by atoms with Crippen molar-refractivity contribution in [3.8, 4) is 0 Å². The van der Waals surface area contributed by atoms with Crippen molar-refractivity contribution in [2.75, 3.05) is 0 Å². The molecule has 94 valence electrons. The Kier molecular flexibility index (Phi) is 2.78. The molecule has 2 aromatic rings. The van der Waals surface area contributed by atoms with Crippen LogP contribution in [0.1, 0.15) is 34.6 Å². The molecule has 0 saturated carbocycles. The van der Waals surface area contributed by atoms with Crippen LogP contribution >= 0.6 is 0 Å². The van der Waals surface area contributed by atoms with Gasteiger partial charge in [-0.25, -0.2) is 4.98 Å². The van der Waals surface area contributed by atoms with E-state index in [1.807, 2.05) is 30.2 Å². The van der Waals surface area contributed by atoms with Crippen molar-refractivity contribution < 1.29 is 4.79 Å². The van der Waals surface area contributed by atoms with Gasteiger partial charge in [-0.15, -0.1) is 0 Å². The fourth-order valence-corrected chi connectivity index (χ4v) is 2.58. The number of hydrogen-bond donors (Lipinski definition) is 0. The van der Waals surface area contributed by atoms with E-state index in [4.69, 9.17) is 0 Å². The van der Waals surface area contributed by atoms with Crippen LogP contribution in [0, 0.1) is 0 Å². The van der Waals surface area contributed by atoms with Crippen LogP contribution in [0.15, 0.2) is 24.8 Å². The molecular formula is C14H17N3O. The monoisotopic (exact) mass is 243 g/mol. The molecule has 0 atom stereocenters. The van der Waals surface area contributed by atoms with Crippen molar-refractivity contribution in [3.05, 3.63) is 41.7 Å². The van der Waals surface area contributed by atoms with Gasteiger partial charge in [-0.05, 0) is 18.4 Å². The van der Waals surface area contributed by atoms with E-state index < -0.39 is 0 Å². The molecule has 1 aliphatic rings. The summed E-state index contributed by atoms with van der Waals surface area (Å²) in [5.74, 6) is 1.37. The van der Waals surface area contributed by atoms with Gasteiger partial charge in [0.25, 0.3) is 0 Å². The predicted molar refractivity (Wildman–Crippen MR) is 68.6 cm³/mol. The molecule has 0 amide bonds. The molecule has 0 spiro atoms. The first-order valence-corrected chi connectivity index (χ1v) is 6.42. The van der Waals surface area contributed by atoms with Gasteiger partial charge in [0.2, 0.25) is 0 Å². The molecule has 0 aliphatic heterocycles. The highest BCUT2D eigenvalue weighted by Gasteiger charge is 2.18. The van der Waals surface area contributed by atoms with E-state index in [0.29, 0.717) is 12.2 Å². The second-order valence-electron chi connectivity index (χ2n) is 4.92. The average Bonchev–Trinajstić information content (AvgIpc) is 2.93. The van der Waals surface area contributed by atoms with E-state index in [9.17, 15) is 4.79 Å². The molecule has 0 N–H and O–H groups in total. The summed E-state index contributed by atoms with van der Waals surface area (Å²) >= 11 is 0. The number of fused-ring (bicyclic) bond motifs is 1. The standard InChI is InChI=1S/C14H17N3O/c1-16-8-6-15-14(16)5-7-17-9-11-3-2-4-13(18)12(11)10-17/h6,8-10H,2-5,7H2,1H3. The summed E-state index contributed by atoms with van der Waals surface area (Å²) in [4.78, 5) is 16.1. The topological polar surface area (TPSA) is 39.8 Å². The Morgan fingerprint density at radius 2 is 2.22 bits per heavy atom. The van der Waals surface area contributed by atoms with Gasteiger partial charge < -0.3 is 9.13 Å². The molecule has 0 radical (unpaired) electrons. The predicted octanol–water partition coefficient (Wildman–Crippen LogP) is 1.98. The van der Waals surface area contributed by atoms with Crippen LogP contribution in [0.25, 0.3) is 0 Å².